The second-order valence-electron chi connectivity index (χ2n) is 5.70. The summed E-state index contributed by atoms with van der Waals surface area (Å²) in [4.78, 5) is 27.4. The van der Waals surface area contributed by atoms with E-state index in [0.29, 0.717) is 16.8 Å². The first kappa shape index (κ1) is 19.0. The molecule has 0 spiro atoms. The van der Waals surface area contributed by atoms with E-state index in [4.69, 9.17) is 17.3 Å². The van der Waals surface area contributed by atoms with Gasteiger partial charge in [0.15, 0.2) is 0 Å². The summed E-state index contributed by atoms with van der Waals surface area (Å²) in [6, 6.07) is 3.43. The van der Waals surface area contributed by atoms with Crippen molar-refractivity contribution < 1.29 is 9.59 Å². The van der Waals surface area contributed by atoms with E-state index >= 15 is 0 Å². The van der Waals surface area contributed by atoms with Crippen molar-refractivity contribution in [3.05, 3.63) is 23.4 Å². The number of hydrogen-bond donors (Lipinski definition) is 4. The Labute approximate surface area is 150 Å². The lowest BCUT2D eigenvalue weighted by atomic mass is 10.3. The highest BCUT2D eigenvalue weighted by Crippen LogP contribution is 2.19. The van der Waals surface area contributed by atoms with Gasteiger partial charge in [0.2, 0.25) is 0 Å². The summed E-state index contributed by atoms with van der Waals surface area (Å²) in [5, 5.41) is 5.37. The van der Waals surface area contributed by atoms with Gasteiger partial charge in [-0.25, -0.2) is 4.98 Å². The molecular weight excluding hydrogens is 350 g/mol. The Bertz CT molecular complexity index is 551. The minimum Gasteiger partial charge on any atom is -0.346 e. The quantitative estimate of drug-likeness (QED) is 0.425. The molecule has 9 heteroatoms. The van der Waals surface area contributed by atoms with Crippen LogP contribution in [0.1, 0.15) is 25.7 Å². The van der Waals surface area contributed by atoms with E-state index in [9.17, 15) is 9.59 Å². The van der Waals surface area contributed by atoms with E-state index in [2.05, 4.69) is 20.3 Å². The van der Waals surface area contributed by atoms with Gasteiger partial charge >= 0.3 is 11.8 Å². The van der Waals surface area contributed by atoms with Crippen molar-refractivity contribution in [3.63, 3.8) is 0 Å². The fraction of sp³-hybridized carbons (Fsp3) is 0.533. The normalized spacial score (nSPS) is 15.9. The number of carbonyl (C=O) groups is 2. The summed E-state index contributed by atoms with van der Waals surface area (Å²) in [7, 11) is 0. The molecule has 24 heavy (non-hydrogen) atoms. The maximum absolute atomic E-state index is 11.7. The van der Waals surface area contributed by atoms with E-state index in [0.717, 1.165) is 0 Å². The molecule has 1 heterocycles. The summed E-state index contributed by atoms with van der Waals surface area (Å²) < 4.78 is 3.39. The molecule has 0 saturated heterocycles. The number of nitrogens with one attached hydrogen (secondary N) is 3. The number of aromatic nitrogens is 1. The van der Waals surface area contributed by atoms with Crippen molar-refractivity contribution in [1.29, 1.82) is 0 Å². The molecular formula is C15H22ClN5O2S. The van der Waals surface area contributed by atoms with E-state index in [1.54, 1.807) is 18.0 Å². The largest absolute Gasteiger partial charge is 0.346 e. The Kier molecular flexibility index (Phi) is 7.77. The van der Waals surface area contributed by atoms with Crippen LogP contribution in [0.2, 0.25) is 5.02 Å². The van der Waals surface area contributed by atoms with Crippen molar-refractivity contribution in [1.82, 2.24) is 15.0 Å². The lowest BCUT2D eigenvalue weighted by molar-refractivity contribution is -0.136. The maximum Gasteiger partial charge on any atom is 0.314 e. The summed E-state index contributed by atoms with van der Waals surface area (Å²) in [6.45, 7) is 0.236. The van der Waals surface area contributed by atoms with Gasteiger partial charge in [0, 0.05) is 30.6 Å². The number of hydrogen-bond acceptors (Lipinski definition) is 6. The third-order valence-corrected chi connectivity index (χ3v) is 4.92. The molecule has 0 bridgehead atoms. The first-order chi connectivity index (χ1) is 11.5. The molecule has 1 aliphatic carbocycles. The standard InChI is InChI=1S/C15H22ClN5O2S/c16-10-5-6-13(18-7-10)20-15(23)14(22)19-8-11(17)9-24-21-12-3-1-2-4-12/h5-7,11-12,21H,1-4,8-9,17H2,(H,19,22)(H,18,20,23). The number of nitrogens with two attached hydrogens (primary N) is 1. The van der Waals surface area contributed by atoms with Crippen LogP contribution in [0.3, 0.4) is 0 Å². The van der Waals surface area contributed by atoms with Crippen molar-refractivity contribution in [3.8, 4) is 0 Å². The van der Waals surface area contributed by atoms with Gasteiger partial charge in [-0.05, 0) is 25.0 Å². The molecule has 0 aliphatic heterocycles. The van der Waals surface area contributed by atoms with Gasteiger partial charge in [0.25, 0.3) is 0 Å². The summed E-state index contributed by atoms with van der Waals surface area (Å²) in [5.74, 6) is -0.596. The molecule has 2 rings (SSSR count). The zero-order valence-corrected chi connectivity index (χ0v) is 14.8. The van der Waals surface area contributed by atoms with Crippen LogP contribution < -0.4 is 21.1 Å². The third kappa shape index (κ3) is 6.64. The Hall–Kier alpha value is -1.35. The maximum atomic E-state index is 11.7. The van der Waals surface area contributed by atoms with Crippen LogP contribution in [0.25, 0.3) is 0 Å². The molecule has 1 aromatic heterocycles. The molecule has 7 nitrogen and oxygen atoms in total. The van der Waals surface area contributed by atoms with E-state index in [1.807, 2.05) is 0 Å². The third-order valence-electron chi connectivity index (χ3n) is 3.60. The highest BCUT2D eigenvalue weighted by Gasteiger charge is 2.17. The second kappa shape index (κ2) is 9.83. The molecule has 1 saturated carbocycles. The monoisotopic (exact) mass is 371 g/mol. The predicted octanol–water partition coefficient (Wildman–Crippen LogP) is 1.30. The van der Waals surface area contributed by atoms with Crippen LogP contribution in [0.15, 0.2) is 18.3 Å². The SMILES string of the molecule is NC(CNC(=O)C(=O)Nc1ccc(Cl)cn1)CSNC1CCCC1. The minimum absolute atomic E-state index is 0.227. The van der Waals surface area contributed by atoms with Crippen LogP contribution in [-0.2, 0) is 9.59 Å². The first-order valence-corrected chi connectivity index (χ1v) is 9.24. The number of anilines is 1. The Balaban J connectivity index is 1.62. The van der Waals surface area contributed by atoms with Gasteiger partial charge < -0.3 is 16.4 Å². The molecule has 0 radical (unpaired) electrons. The van der Waals surface area contributed by atoms with Crippen molar-refractivity contribution >= 4 is 41.2 Å². The Morgan fingerprint density at radius 1 is 1.33 bits per heavy atom. The van der Waals surface area contributed by atoms with Crippen molar-refractivity contribution in [2.45, 2.75) is 37.8 Å². The van der Waals surface area contributed by atoms with E-state index in [-0.39, 0.29) is 18.4 Å². The molecule has 132 valence electrons. The number of halogens is 1. The molecule has 1 aromatic rings. The number of carbonyl (C=O) groups excluding carboxylic acids is 2. The minimum atomic E-state index is -0.784. The fourth-order valence-corrected chi connectivity index (χ4v) is 3.31. The molecule has 1 fully saturated rings. The smallest absolute Gasteiger partial charge is 0.314 e. The lowest BCUT2D eigenvalue weighted by Crippen LogP contribution is -2.43. The Morgan fingerprint density at radius 3 is 2.75 bits per heavy atom. The van der Waals surface area contributed by atoms with Gasteiger partial charge in [0.05, 0.1) is 5.02 Å². The van der Waals surface area contributed by atoms with E-state index < -0.39 is 11.8 Å². The molecule has 1 atom stereocenters. The Morgan fingerprint density at radius 2 is 2.08 bits per heavy atom. The van der Waals surface area contributed by atoms with Crippen LogP contribution in [0, 0.1) is 0 Å². The lowest BCUT2D eigenvalue weighted by Gasteiger charge is -2.15. The zero-order valence-electron chi connectivity index (χ0n) is 13.3. The van der Waals surface area contributed by atoms with Crippen molar-refractivity contribution in [2.75, 3.05) is 17.6 Å². The average molecular weight is 372 g/mol. The second-order valence-corrected chi connectivity index (χ2v) is 6.99. The molecule has 1 aliphatic rings. The first-order valence-electron chi connectivity index (χ1n) is 7.88. The summed E-state index contributed by atoms with van der Waals surface area (Å²) in [5.41, 5.74) is 5.94. The fourth-order valence-electron chi connectivity index (χ4n) is 2.30. The highest BCUT2D eigenvalue weighted by molar-refractivity contribution is 7.97. The van der Waals surface area contributed by atoms with Gasteiger partial charge in [-0.1, -0.05) is 36.4 Å². The zero-order chi connectivity index (χ0) is 17.4. The predicted molar refractivity (Wildman–Crippen MR) is 96.7 cm³/mol. The van der Waals surface area contributed by atoms with Crippen LogP contribution in [-0.4, -0.2) is 41.2 Å². The molecule has 1 unspecified atom stereocenters. The van der Waals surface area contributed by atoms with Crippen LogP contribution in [0.4, 0.5) is 5.82 Å². The van der Waals surface area contributed by atoms with Crippen LogP contribution in [0.5, 0.6) is 0 Å². The average Bonchev–Trinajstić information content (AvgIpc) is 3.08. The van der Waals surface area contributed by atoms with Gasteiger partial charge in [-0.3, -0.25) is 14.3 Å². The molecule has 0 aromatic carbocycles. The highest BCUT2D eigenvalue weighted by atomic mass is 35.5. The summed E-state index contributed by atoms with van der Waals surface area (Å²) in [6.07, 6.45) is 6.35. The van der Waals surface area contributed by atoms with Crippen LogP contribution >= 0.6 is 23.5 Å². The van der Waals surface area contributed by atoms with E-state index in [1.165, 1.54) is 37.9 Å². The number of amides is 2. The number of nitrogens with zero attached hydrogens (tertiary/aromatic N) is 1. The number of rotatable bonds is 7. The topological polar surface area (TPSA) is 109 Å². The van der Waals surface area contributed by atoms with Crippen molar-refractivity contribution in [2.24, 2.45) is 5.73 Å². The molecule has 5 N–H and O–H groups in total. The van der Waals surface area contributed by atoms with Gasteiger partial charge in [0.1, 0.15) is 5.82 Å². The van der Waals surface area contributed by atoms with Gasteiger partial charge in [-0.2, -0.15) is 0 Å². The van der Waals surface area contributed by atoms with Gasteiger partial charge in [-0.15, -0.1) is 0 Å². The molecule has 2 amide bonds. The number of pyridine rings is 1. The summed E-state index contributed by atoms with van der Waals surface area (Å²) >= 11 is 7.28.